The molecule has 0 unspecified atom stereocenters. The van der Waals surface area contributed by atoms with E-state index >= 15 is 0 Å². The van der Waals surface area contributed by atoms with Crippen molar-refractivity contribution >= 4 is 38.4 Å². The van der Waals surface area contributed by atoms with Crippen molar-refractivity contribution in [1.29, 1.82) is 0 Å². The number of terminal acetylenes is 1. The fourth-order valence-corrected chi connectivity index (χ4v) is 4.31. The average molecular weight is 404 g/mol. The summed E-state index contributed by atoms with van der Waals surface area (Å²) in [5, 5.41) is 0.800. The molecule has 6 heteroatoms. The number of benzene rings is 2. The second-order valence-electron chi connectivity index (χ2n) is 6.71. The number of amides is 1. The number of thiazole rings is 1. The minimum atomic E-state index is -0.450. The molecule has 2 heterocycles. The summed E-state index contributed by atoms with van der Waals surface area (Å²) in [5.74, 6) is 2.98. The first-order valence-corrected chi connectivity index (χ1v) is 10.1. The predicted octanol–water partition coefficient (Wildman–Crippen LogP) is 4.84. The molecule has 0 fully saturated rings. The molecular formula is C23H20N2O3S. The second-order valence-corrected chi connectivity index (χ2v) is 7.72. The van der Waals surface area contributed by atoms with Gasteiger partial charge >= 0.3 is 5.91 Å². The second kappa shape index (κ2) is 7.61. The zero-order chi connectivity index (χ0) is 20.5. The number of hydrogen-bond acceptors (Lipinski definition) is 4. The van der Waals surface area contributed by atoms with Gasteiger partial charge in [-0.1, -0.05) is 29.4 Å². The number of aromatic nitrogens is 1. The zero-order valence-corrected chi connectivity index (χ0v) is 17.3. The zero-order valence-electron chi connectivity index (χ0n) is 16.5. The maximum atomic E-state index is 12.9. The van der Waals surface area contributed by atoms with Crippen molar-refractivity contribution in [1.82, 2.24) is 4.57 Å². The number of ether oxygens (including phenoxy) is 1. The van der Waals surface area contributed by atoms with Crippen molar-refractivity contribution in [3.8, 4) is 18.1 Å². The van der Waals surface area contributed by atoms with Crippen LogP contribution in [0.15, 0.2) is 45.8 Å². The van der Waals surface area contributed by atoms with Crippen molar-refractivity contribution < 1.29 is 13.9 Å². The van der Waals surface area contributed by atoms with E-state index in [0.717, 1.165) is 15.6 Å². The Kier molecular flexibility index (Phi) is 4.99. The highest BCUT2D eigenvalue weighted by Crippen LogP contribution is 2.29. The predicted molar refractivity (Wildman–Crippen MR) is 115 cm³/mol. The van der Waals surface area contributed by atoms with Crippen LogP contribution < -0.4 is 9.54 Å². The molecule has 146 valence electrons. The number of carbonyl (C=O) groups excluding carboxylic acids is 1. The number of furan rings is 1. The van der Waals surface area contributed by atoms with Crippen LogP contribution in [0.25, 0.3) is 21.2 Å². The Hall–Kier alpha value is -3.30. The van der Waals surface area contributed by atoms with E-state index in [1.807, 2.05) is 29.7 Å². The van der Waals surface area contributed by atoms with Gasteiger partial charge in [0.05, 0.1) is 23.4 Å². The van der Waals surface area contributed by atoms with Crippen molar-refractivity contribution in [2.24, 2.45) is 4.99 Å². The van der Waals surface area contributed by atoms with Gasteiger partial charge in [0, 0.05) is 5.39 Å². The van der Waals surface area contributed by atoms with Crippen LogP contribution in [0.4, 0.5) is 0 Å². The van der Waals surface area contributed by atoms with Gasteiger partial charge in [0.1, 0.15) is 0 Å². The first kappa shape index (κ1) is 19.0. The lowest BCUT2D eigenvalue weighted by Gasteiger charge is -2.03. The molecule has 1 amide bonds. The minimum absolute atomic E-state index is 0.171. The highest BCUT2D eigenvalue weighted by atomic mass is 32.1. The summed E-state index contributed by atoms with van der Waals surface area (Å²) in [7, 11) is 0. The van der Waals surface area contributed by atoms with E-state index in [1.54, 1.807) is 6.07 Å². The Morgan fingerprint density at radius 3 is 2.83 bits per heavy atom. The van der Waals surface area contributed by atoms with Crippen LogP contribution in [-0.2, 0) is 6.54 Å². The van der Waals surface area contributed by atoms with Gasteiger partial charge in [-0.05, 0) is 56.2 Å². The standard InChI is InChI=1S/C23H20N2O3S/c1-5-10-25-17-11-14(3)15(4)12-20(17)29-23(25)24-22(26)19-13-16-8-7-9-18(27-6-2)21(16)28-19/h1,7-9,11-13H,6,10H2,2-4H3. The first-order valence-electron chi connectivity index (χ1n) is 9.30. The van der Waals surface area contributed by atoms with E-state index in [2.05, 4.69) is 36.9 Å². The molecule has 0 atom stereocenters. The van der Waals surface area contributed by atoms with Crippen LogP contribution in [0.2, 0.25) is 0 Å². The third-order valence-electron chi connectivity index (χ3n) is 4.76. The molecule has 0 aliphatic heterocycles. The molecule has 0 bridgehead atoms. The van der Waals surface area contributed by atoms with Gasteiger partial charge in [0.2, 0.25) is 0 Å². The molecule has 2 aromatic heterocycles. The fraction of sp³-hybridized carbons (Fsp3) is 0.217. The van der Waals surface area contributed by atoms with E-state index in [9.17, 15) is 4.79 Å². The van der Waals surface area contributed by atoms with Crippen LogP contribution in [-0.4, -0.2) is 17.1 Å². The maximum absolute atomic E-state index is 12.9. The topological polar surface area (TPSA) is 56.7 Å². The molecule has 0 spiro atoms. The molecule has 0 saturated heterocycles. The van der Waals surface area contributed by atoms with E-state index in [0.29, 0.717) is 29.3 Å². The molecule has 29 heavy (non-hydrogen) atoms. The summed E-state index contributed by atoms with van der Waals surface area (Å²) in [6.07, 6.45) is 5.56. The van der Waals surface area contributed by atoms with Crippen LogP contribution >= 0.6 is 11.3 Å². The molecule has 5 nitrogen and oxygen atoms in total. The van der Waals surface area contributed by atoms with Gasteiger partial charge in [-0.15, -0.1) is 6.42 Å². The largest absolute Gasteiger partial charge is 0.490 e. The minimum Gasteiger partial charge on any atom is -0.490 e. The first-order chi connectivity index (χ1) is 14.0. The number of rotatable bonds is 4. The average Bonchev–Trinajstić information content (AvgIpc) is 3.26. The van der Waals surface area contributed by atoms with E-state index in [4.69, 9.17) is 15.6 Å². The molecule has 0 aliphatic carbocycles. The number of nitrogens with zero attached hydrogens (tertiary/aromatic N) is 2. The Balaban J connectivity index is 1.84. The third kappa shape index (κ3) is 3.45. The fourth-order valence-electron chi connectivity index (χ4n) is 3.20. The Morgan fingerprint density at radius 2 is 2.07 bits per heavy atom. The van der Waals surface area contributed by atoms with Crippen molar-refractivity contribution in [3.63, 3.8) is 0 Å². The van der Waals surface area contributed by atoms with Crippen LogP contribution in [0.3, 0.4) is 0 Å². The number of para-hydroxylation sites is 1. The smallest absolute Gasteiger partial charge is 0.315 e. The summed E-state index contributed by atoms with van der Waals surface area (Å²) in [4.78, 5) is 17.7. The molecule has 2 aromatic carbocycles. The SMILES string of the molecule is C#CCn1c(=NC(=O)c2cc3cccc(OCC)c3o2)sc2cc(C)c(C)cc21. The van der Waals surface area contributed by atoms with Crippen molar-refractivity contribution in [2.45, 2.75) is 27.3 Å². The van der Waals surface area contributed by atoms with Gasteiger partial charge < -0.3 is 13.7 Å². The van der Waals surface area contributed by atoms with Crippen LogP contribution in [0.5, 0.6) is 5.75 Å². The molecular weight excluding hydrogens is 384 g/mol. The lowest BCUT2D eigenvalue weighted by Crippen LogP contribution is -2.16. The molecule has 0 aliphatic rings. The summed E-state index contributed by atoms with van der Waals surface area (Å²) >= 11 is 1.44. The summed E-state index contributed by atoms with van der Waals surface area (Å²) < 4.78 is 14.3. The maximum Gasteiger partial charge on any atom is 0.315 e. The lowest BCUT2D eigenvalue weighted by atomic mass is 10.1. The van der Waals surface area contributed by atoms with Gasteiger partial charge in [-0.2, -0.15) is 4.99 Å². The molecule has 0 radical (unpaired) electrons. The number of aryl methyl sites for hydroxylation is 2. The highest BCUT2D eigenvalue weighted by molar-refractivity contribution is 7.16. The molecule has 4 rings (SSSR count). The van der Waals surface area contributed by atoms with E-state index in [-0.39, 0.29) is 5.76 Å². The summed E-state index contributed by atoms with van der Waals surface area (Å²) in [6, 6.07) is 11.4. The monoisotopic (exact) mass is 404 g/mol. The number of hydrogen-bond donors (Lipinski definition) is 0. The van der Waals surface area contributed by atoms with E-state index in [1.165, 1.54) is 22.5 Å². The molecule has 0 N–H and O–H groups in total. The summed E-state index contributed by atoms with van der Waals surface area (Å²) in [5.41, 5.74) is 3.88. The Labute approximate surface area is 172 Å². The normalized spacial score (nSPS) is 11.9. The Morgan fingerprint density at radius 1 is 1.28 bits per heavy atom. The van der Waals surface area contributed by atoms with Gasteiger partial charge in [-0.3, -0.25) is 4.79 Å². The van der Waals surface area contributed by atoms with Crippen LogP contribution in [0.1, 0.15) is 28.6 Å². The quantitative estimate of drug-likeness (QED) is 0.458. The molecule has 4 aromatic rings. The van der Waals surface area contributed by atoms with E-state index < -0.39 is 5.91 Å². The van der Waals surface area contributed by atoms with Crippen molar-refractivity contribution in [2.75, 3.05) is 6.61 Å². The summed E-state index contributed by atoms with van der Waals surface area (Å²) in [6.45, 7) is 6.87. The lowest BCUT2D eigenvalue weighted by molar-refractivity contribution is 0.0973. The number of fused-ring (bicyclic) bond motifs is 2. The highest BCUT2D eigenvalue weighted by Gasteiger charge is 2.16. The van der Waals surface area contributed by atoms with Gasteiger partial charge in [0.25, 0.3) is 0 Å². The van der Waals surface area contributed by atoms with Crippen LogP contribution in [0, 0.1) is 26.2 Å². The number of carbonyl (C=O) groups is 1. The third-order valence-corrected chi connectivity index (χ3v) is 5.80. The molecule has 0 saturated carbocycles. The van der Waals surface area contributed by atoms with Crippen molar-refractivity contribution in [3.05, 3.63) is 58.1 Å². The van der Waals surface area contributed by atoms with Gasteiger partial charge in [0.15, 0.2) is 21.9 Å². The Bertz CT molecular complexity index is 1350. The van der Waals surface area contributed by atoms with Gasteiger partial charge in [-0.25, -0.2) is 0 Å².